The fourth-order valence-corrected chi connectivity index (χ4v) is 8.33. The van der Waals surface area contributed by atoms with Gasteiger partial charge >= 0.3 is 0 Å². The minimum atomic E-state index is -1.01. The third kappa shape index (κ3) is 14.2. The first kappa shape index (κ1) is 52.2. The van der Waals surface area contributed by atoms with Crippen molar-refractivity contribution >= 4 is 23.0 Å². The molecule has 9 atom stereocenters. The summed E-state index contributed by atoms with van der Waals surface area (Å²) in [5.74, 6) is -2.35. The average Bonchev–Trinajstić information content (AvgIpc) is 3.90. The number of aryl methyl sites for hydroxylation is 1. The van der Waals surface area contributed by atoms with E-state index in [1.165, 1.54) is 6.92 Å². The standard InChI is InChI=1S/C48H73N3O15/c1-29-17-22-34(33(25-29)51-50-32-20-18-31(19-21-32)49-30(2)52)57-23-15-14-16-24-58-41-40-38(63-47(7,8)65-40)35(26-56-28-45(3,4)55-13)60-44(41)61-37(36-27-59-46(5,6)62-36)39-42(43(53-11)54-12)66-48(9,10)64-39/h17-22,25,35-44H,14-16,23-24,26-28H2,1-13H3,(H,49,52)/t35-,36-,37-,38+,39+,40+,41-,42-,44+/m1/s1. The van der Waals surface area contributed by atoms with Crippen LogP contribution >= 0.6 is 0 Å². The summed E-state index contributed by atoms with van der Waals surface area (Å²) in [5, 5.41) is 11.6. The number of anilines is 1. The molecule has 2 aromatic rings. The van der Waals surface area contributed by atoms with E-state index in [4.69, 9.17) is 66.3 Å². The summed E-state index contributed by atoms with van der Waals surface area (Å²) in [6, 6.07) is 13.0. The number of hydrogen-bond acceptors (Lipinski definition) is 17. The van der Waals surface area contributed by atoms with Gasteiger partial charge in [0.25, 0.3) is 0 Å². The summed E-state index contributed by atoms with van der Waals surface area (Å²) in [6.45, 7) is 20.0. The number of unbranched alkanes of at least 4 members (excludes halogenated alkanes) is 2. The molecular weight excluding hydrogens is 859 g/mol. The van der Waals surface area contributed by atoms with E-state index in [9.17, 15) is 4.79 Å². The lowest BCUT2D eigenvalue weighted by molar-refractivity contribution is -0.324. The molecule has 4 aliphatic heterocycles. The highest BCUT2D eigenvalue weighted by atomic mass is 16.8. The zero-order chi connectivity index (χ0) is 47.9. The van der Waals surface area contributed by atoms with Crippen molar-refractivity contribution < 1.29 is 71.1 Å². The molecule has 370 valence electrons. The van der Waals surface area contributed by atoms with Crippen molar-refractivity contribution in [3.63, 3.8) is 0 Å². The third-order valence-electron chi connectivity index (χ3n) is 11.6. The van der Waals surface area contributed by atoms with Crippen LogP contribution in [0.5, 0.6) is 5.75 Å². The number of azo groups is 1. The van der Waals surface area contributed by atoms with Crippen LogP contribution in [0.15, 0.2) is 52.7 Å². The number of carbonyl (C=O) groups excluding carboxylic acids is 1. The van der Waals surface area contributed by atoms with Crippen molar-refractivity contribution in [3.8, 4) is 5.75 Å². The molecule has 4 aliphatic rings. The highest BCUT2D eigenvalue weighted by molar-refractivity contribution is 5.88. The molecule has 0 aromatic heterocycles. The molecule has 4 heterocycles. The number of fused-ring (bicyclic) bond motifs is 1. The SMILES string of the molecule is COC(OC)[C@@H]1OC(C)(C)O[C@H]1[C@H](O[C@@H]1O[C@H](COCC(C)(C)OC)[C@@H]2OC(C)(C)O[C@@H]2[C@H]1OCCCCCOc1ccc(C)cc1N=Nc1ccc(NC(C)=O)cc1)[C@H]1COC(C)(C)O1. The molecule has 0 aliphatic carbocycles. The van der Waals surface area contributed by atoms with Crippen LogP contribution in [0.1, 0.15) is 87.1 Å². The van der Waals surface area contributed by atoms with Gasteiger partial charge in [0.15, 0.2) is 29.9 Å². The number of hydrogen-bond donors (Lipinski definition) is 1. The van der Waals surface area contributed by atoms with Gasteiger partial charge in [0, 0.05) is 40.5 Å². The molecule has 6 rings (SSSR count). The van der Waals surface area contributed by atoms with Gasteiger partial charge in [-0.05, 0) is 124 Å². The Bertz CT molecular complexity index is 1890. The number of methoxy groups -OCH3 is 3. The van der Waals surface area contributed by atoms with Crippen LogP contribution in [0.4, 0.5) is 17.1 Å². The number of nitrogens with one attached hydrogen (secondary N) is 1. The van der Waals surface area contributed by atoms with Crippen LogP contribution < -0.4 is 10.1 Å². The van der Waals surface area contributed by atoms with Gasteiger partial charge in [-0.15, -0.1) is 5.11 Å². The second-order valence-electron chi connectivity index (χ2n) is 19.1. The Balaban J connectivity index is 1.15. The number of ether oxygens (including phenoxy) is 14. The van der Waals surface area contributed by atoms with E-state index in [-0.39, 0.29) is 19.1 Å². The predicted octanol–water partition coefficient (Wildman–Crippen LogP) is 7.67. The van der Waals surface area contributed by atoms with E-state index in [1.807, 2.05) is 80.5 Å². The van der Waals surface area contributed by atoms with E-state index < -0.39 is 84.4 Å². The quantitative estimate of drug-likeness (QED) is 0.0651. The Hall–Kier alpha value is -3.21. The van der Waals surface area contributed by atoms with E-state index in [0.29, 0.717) is 49.1 Å². The predicted molar refractivity (Wildman–Crippen MR) is 241 cm³/mol. The van der Waals surface area contributed by atoms with Crippen LogP contribution in [0.2, 0.25) is 0 Å². The molecule has 0 bridgehead atoms. The molecule has 0 spiro atoms. The highest BCUT2D eigenvalue weighted by Crippen LogP contribution is 2.43. The van der Waals surface area contributed by atoms with Crippen LogP contribution in [-0.4, -0.2) is 145 Å². The Kier molecular flexibility index (Phi) is 17.8. The molecule has 66 heavy (non-hydrogen) atoms. The summed E-state index contributed by atoms with van der Waals surface area (Å²) >= 11 is 0. The van der Waals surface area contributed by atoms with Crippen molar-refractivity contribution in [2.45, 2.75) is 173 Å². The molecule has 18 nitrogen and oxygen atoms in total. The van der Waals surface area contributed by atoms with Crippen LogP contribution in [0, 0.1) is 6.92 Å². The van der Waals surface area contributed by atoms with Crippen molar-refractivity contribution in [2.24, 2.45) is 10.2 Å². The highest BCUT2D eigenvalue weighted by Gasteiger charge is 2.59. The maximum atomic E-state index is 11.4. The Morgan fingerprint density at radius 2 is 1.52 bits per heavy atom. The van der Waals surface area contributed by atoms with Gasteiger partial charge in [-0.3, -0.25) is 4.79 Å². The lowest BCUT2D eigenvalue weighted by Crippen LogP contribution is -2.62. The van der Waals surface area contributed by atoms with Gasteiger partial charge in [0.1, 0.15) is 60.3 Å². The van der Waals surface area contributed by atoms with Crippen molar-refractivity contribution in [3.05, 3.63) is 48.0 Å². The lowest BCUT2D eigenvalue weighted by Gasteiger charge is -2.44. The smallest absolute Gasteiger partial charge is 0.221 e. The molecule has 0 saturated carbocycles. The molecule has 4 saturated heterocycles. The van der Waals surface area contributed by atoms with E-state index >= 15 is 0 Å². The van der Waals surface area contributed by atoms with Gasteiger partial charge in [-0.2, -0.15) is 5.11 Å². The van der Waals surface area contributed by atoms with Gasteiger partial charge < -0.3 is 71.6 Å². The maximum Gasteiger partial charge on any atom is 0.221 e. The monoisotopic (exact) mass is 932 g/mol. The van der Waals surface area contributed by atoms with Gasteiger partial charge in [-0.25, -0.2) is 0 Å². The molecule has 0 radical (unpaired) electrons. The van der Waals surface area contributed by atoms with Gasteiger partial charge in [-0.1, -0.05) is 6.07 Å². The fraction of sp³-hybridized carbons (Fsp3) is 0.729. The molecule has 2 aromatic carbocycles. The second-order valence-corrected chi connectivity index (χ2v) is 19.1. The van der Waals surface area contributed by atoms with Crippen molar-refractivity contribution in [1.29, 1.82) is 0 Å². The largest absolute Gasteiger partial charge is 0.491 e. The summed E-state index contributed by atoms with van der Waals surface area (Å²) in [5.41, 5.74) is 2.46. The number of carbonyl (C=O) groups is 1. The minimum Gasteiger partial charge on any atom is -0.491 e. The third-order valence-corrected chi connectivity index (χ3v) is 11.6. The summed E-state index contributed by atoms with van der Waals surface area (Å²) in [6.07, 6.45) is -4.89. The number of nitrogens with zero attached hydrogens (tertiary/aromatic N) is 2. The number of amides is 1. The Morgan fingerprint density at radius 1 is 0.833 bits per heavy atom. The molecule has 18 heteroatoms. The number of rotatable bonds is 23. The van der Waals surface area contributed by atoms with Crippen LogP contribution in [0.3, 0.4) is 0 Å². The molecule has 1 N–H and O–H groups in total. The minimum absolute atomic E-state index is 0.140. The normalized spacial score (nSPS) is 28.5. The number of benzene rings is 2. The van der Waals surface area contributed by atoms with Gasteiger partial charge in [0.05, 0.1) is 37.7 Å². The fourth-order valence-electron chi connectivity index (χ4n) is 8.33. The average molecular weight is 932 g/mol. The first-order chi connectivity index (χ1) is 31.2. The summed E-state index contributed by atoms with van der Waals surface area (Å²) in [7, 11) is 4.75. The van der Waals surface area contributed by atoms with Gasteiger partial charge in [0.2, 0.25) is 5.91 Å². The molecule has 0 unspecified atom stereocenters. The lowest BCUT2D eigenvalue weighted by atomic mass is 9.98. The molecule has 1 amide bonds. The zero-order valence-electron chi connectivity index (χ0n) is 41.0. The second kappa shape index (κ2) is 22.5. The molecular formula is C48H73N3O15. The summed E-state index contributed by atoms with van der Waals surface area (Å²) < 4.78 is 88.9. The maximum absolute atomic E-state index is 11.4. The van der Waals surface area contributed by atoms with Crippen molar-refractivity contribution in [2.75, 3.05) is 59.7 Å². The summed E-state index contributed by atoms with van der Waals surface area (Å²) in [4.78, 5) is 11.4. The van der Waals surface area contributed by atoms with Crippen LogP contribution in [-0.2, 0) is 66.4 Å². The Labute approximate surface area is 389 Å². The van der Waals surface area contributed by atoms with E-state index in [0.717, 1.165) is 18.4 Å². The van der Waals surface area contributed by atoms with Crippen LogP contribution in [0.25, 0.3) is 0 Å². The first-order valence-electron chi connectivity index (χ1n) is 22.9. The zero-order valence-corrected chi connectivity index (χ0v) is 41.0. The van der Waals surface area contributed by atoms with E-state index in [2.05, 4.69) is 15.5 Å². The first-order valence-corrected chi connectivity index (χ1v) is 22.9. The Morgan fingerprint density at radius 3 is 2.18 bits per heavy atom. The van der Waals surface area contributed by atoms with Crippen molar-refractivity contribution in [1.82, 2.24) is 0 Å². The topological polar surface area (TPSA) is 183 Å². The molecule has 4 fully saturated rings. The van der Waals surface area contributed by atoms with E-state index in [1.54, 1.807) is 45.6 Å².